The molecule has 5 nitrogen and oxygen atoms in total. The summed E-state index contributed by atoms with van der Waals surface area (Å²) < 4.78 is 1.86. The van der Waals surface area contributed by atoms with Crippen molar-refractivity contribution in [2.75, 3.05) is 0 Å². The Morgan fingerprint density at radius 3 is 2.73 bits per heavy atom. The van der Waals surface area contributed by atoms with E-state index in [9.17, 15) is 4.79 Å². The predicted molar refractivity (Wildman–Crippen MR) is 58.0 cm³/mol. The Balaban J connectivity index is 2.58. The van der Waals surface area contributed by atoms with Crippen molar-refractivity contribution in [1.82, 2.24) is 14.9 Å². The van der Waals surface area contributed by atoms with Crippen molar-refractivity contribution in [3.8, 4) is 0 Å². The van der Waals surface area contributed by atoms with Crippen LogP contribution in [0.4, 0.5) is 0 Å². The van der Waals surface area contributed by atoms with Crippen LogP contribution in [0.5, 0.6) is 0 Å². The number of rotatable bonds is 5. The molecule has 2 atom stereocenters. The first kappa shape index (κ1) is 11.7. The normalized spacial score (nSPS) is 14.6. The lowest BCUT2D eigenvalue weighted by atomic mass is 10.2. The minimum absolute atomic E-state index is 0.0578. The highest BCUT2D eigenvalue weighted by Gasteiger charge is 2.15. The Morgan fingerprint density at radius 2 is 2.27 bits per heavy atom. The van der Waals surface area contributed by atoms with E-state index in [0.29, 0.717) is 6.42 Å². The number of nitrogens with two attached hydrogens (primary N) is 1. The number of carbonyl (C=O) groups is 1. The summed E-state index contributed by atoms with van der Waals surface area (Å²) in [5.74, 6) is -0.113. The van der Waals surface area contributed by atoms with Gasteiger partial charge in [-0.15, -0.1) is 0 Å². The number of carbonyl (C=O) groups excluding carboxylic acids is 1. The first-order valence-corrected chi connectivity index (χ1v) is 5.22. The quantitative estimate of drug-likeness (QED) is 0.749. The topological polar surface area (TPSA) is 72.9 Å². The van der Waals surface area contributed by atoms with E-state index in [1.165, 1.54) is 0 Å². The fraction of sp³-hybridized carbons (Fsp3) is 0.600. The fourth-order valence-corrected chi connectivity index (χ4v) is 1.30. The molecule has 0 bridgehead atoms. The number of amides is 1. The highest BCUT2D eigenvalue weighted by Crippen LogP contribution is 2.06. The van der Waals surface area contributed by atoms with Gasteiger partial charge in [-0.2, -0.15) is 0 Å². The third-order valence-corrected chi connectivity index (χ3v) is 2.36. The predicted octanol–water partition coefficient (Wildman–Crippen LogP) is 0.645. The summed E-state index contributed by atoms with van der Waals surface area (Å²) in [6, 6.07) is -0.428. The number of imidazole rings is 1. The lowest BCUT2D eigenvalue weighted by Gasteiger charge is -2.20. The van der Waals surface area contributed by atoms with E-state index in [1.807, 2.05) is 24.6 Å². The van der Waals surface area contributed by atoms with Gasteiger partial charge in [-0.05, 0) is 12.8 Å². The molecule has 2 unspecified atom stereocenters. The molecule has 0 radical (unpaired) electrons. The molecule has 0 aromatic carbocycles. The number of nitrogens with zero attached hydrogens (tertiary/aromatic N) is 2. The number of nitrogens with one attached hydrogen (secondary N) is 1. The molecule has 1 aromatic rings. The van der Waals surface area contributed by atoms with E-state index in [1.54, 1.807) is 12.5 Å². The van der Waals surface area contributed by atoms with Crippen molar-refractivity contribution in [3.63, 3.8) is 0 Å². The molecule has 0 aliphatic rings. The molecular formula is C10H18N4O. The van der Waals surface area contributed by atoms with Crippen LogP contribution in [0.3, 0.4) is 0 Å². The number of aromatic nitrogens is 2. The maximum Gasteiger partial charge on any atom is 0.238 e. The van der Waals surface area contributed by atoms with Crippen molar-refractivity contribution in [1.29, 1.82) is 0 Å². The second-order valence-corrected chi connectivity index (χ2v) is 3.46. The zero-order valence-corrected chi connectivity index (χ0v) is 9.18. The summed E-state index contributed by atoms with van der Waals surface area (Å²) in [4.78, 5) is 15.5. The Labute approximate surface area is 89.7 Å². The molecule has 3 N–H and O–H groups in total. The molecule has 15 heavy (non-hydrogen) atoms. The van der Waals surface area contributed by atoms with Gasteiger partial charge in [-0.1, -0.05) is 13.8 Å². The molecule has 1 heterocycles. The van der Waals surface area contributed by atoms with Crippen molar-refractivity contribution >= 4 is 5.91 Å². The monoisotopic (exact) mass is 210 g/mol. The van der Waals surface area contributed by atoms with Crippen LogP contribution in [0.15, 0.2) is 18.7 Å². The fourth-order valence-electron chi connectivity index (χ4n) is 1.30. The average Bonchev–Trinajstić information content (AvgIpc) is 2.77. The highest BCUT2D eigenvalue weighted by molar-refractivity contribution is 5.81. The third-order valence-electron chi connectivity index (χ3n) is 2.36. The molecule has 0 aliphatic carbocycles. The molecule has 0 saturated heterocycles. The second kappa shape index (κ2) is 5.50. The van der Waals surface area contributed by atoms with Crippen LogP contribution in [0.2, 0.25) is 0 Å². The van der Waals surface area contributed by atoms with E-state index in [2.05, 4.69) is 10.3 Å². The van der Waals surface area contributed by atoms with Gasteiger partial charge in [0.2, 0.25) is 5.91 Å². The van der Waals surface area contributed by atoms with Gasteiger partial charge in [-0.25, -0.2) is 4.98 Å². The molecule has 84 valence electrons. The van der Waals surface area contributed by atoms with Gasteiger partial charge in [0.15, 0.2) is 0 Å². The molecular weight excluding hydrogens is 192 g/mol. The third kappa shape index (κ3) is 3.06. The zero-order chi connectivity index (χ0) is 11.3. The van der Waals surface area contributed by atoms with Gasteiger partial charge in [-0.3, -0.25) is 4.79 Å². The standard InChI is InChI=1S/C10H18N4O/c1-3-8(11)10(15)13-9(4-2)14-6-5-12-7-14/h5-9H,3-4,11H2,1-2H3,(H,13,15). The van der Waals surface area contributed by atoms with Gasteiger partial charge >= 0.3 is 0 Å². The maximum atomic E-state index is 11.6. The van der Waals surface area contributed by atoms with Gasteiger partial charge in [0.05, 0.1) is 12.4 Å². The van der Waals surface area contributed by atoms with E-state index in [0.717, 1.165) is 6.42 Å². The van der Waals surface area contributed by atoms with Crippen LogP contribution < -0.4 is 11.1 Å². The van der Waals surface area contributed by atoms with Crippen molar-refractivity contribution in [2.24, 2.45) is 5.73 Å². The van der Waals surface area contributed by atoms with Crippen LogP contribution in [0.25, 0.3) is 0 Å². The molecule has 0 spiro atoms. The van der Waals surface area contributed by atoms with Gasteiger partial charge in [0, 0.05) is 12.4 Å². The molecule has 0 saturated carbocycles. The van der Waals surface area contributed by atoms with Crippen molar-refractivity contribution < 1.29 is 4.79 Å². The summed E-state index contributed by atoms with van der Waals surface area (Å²) in [5, 5.41) is 2.88. The Kier molecular flexibility index (Phi) is 4.30. The smallest absolute Gasteiger partial charge is 0.238 e. The highest BCUT2D eigenvalue weighted by atomic mass is 16.2. The average molecular weight is 210 g/mol. The minimum Gasteiger partial charge on any atom is -0.334 e. The zero-order valence-electron chi connectivity index (χ0n) is 9.18. The second-order valence-electron chi connectivity index (χ2n) is 3.46. The maximum absolute atomic E-state index is 11.6. The van der Waals surface area contributed by atoms with Crippen LogP contribution in [0.1, 0.15) is 32.9 Å². The summed E-state index contributed by atoms with van der Waals surface area (Å²) in [7, 11) is 0. The Hall–Kier alpha value is -1.36. The van der Waals surface area contributed by atoms with Crippen LogP contribution >= 0.6 is 0 Å². The van der Waals surface area contributed by atoms with Gasteiger partial charge in [0.25, 0.3) is 0 Å². The van der Waals surface area contributed by atoms with E-state index in [4.69, 9.17) is 5.73 Å². The molecule has 1 rings (SSSR count). The van der Waals surface area contributed by atoms with Crippen molar-refractivity contribution in [2.45, 2.75) is 38.9 Å². The summed E-state index contributed by atoms with van der Waals surface area (Å²) in [6.45, 7) is 3.89. The minimum atomic E-state index is -0.428. The first-order chi connectivity index (χ1) is 7.19. The molecule has 5 heteroatoms. The van der Waals surface area contributed by atoms with Crippen LogP contribution in [-0.4, -0.2) is 21.5 Å². The van der Waals surface area contributed by atoms with E-state index >= 15 is 0 Å². The van der Waals surface area contributed by atoms with Crippen molar-refractivity contribution in [3.05, 3.63) is 18.7 Å². The SMILES string of the molecule is CCC(N)C(=O)NC(CC)n1ccnc1. The Bertz CT molecular complexity index is 296. The first-order valence-electron chi connectivity index (χ1n) is 5.22. The van der Waals surface area contributed by atoms with E-state index < -0.39 is 6.04 Å². The number of hydrogen-bond donors (Lipinski definition) is 2. The Morgan fingerprint density at radius 1 is 1.53 bits per heavy atom. The molecule has 0 aliphatic heterocycles. The molecule has 1 aromatic heterocycles. The van der Waals surface area contributed by atoms with Crippen LogP contribution in [0, 0.1) is 0 Å². The summed E-state index contributed by atoms with van der Waals surface area (Å²) >= 11 is 0. The van der Waals surface area contributed by atoms with E-state index in [-0.39, 0.29) is 12.1 Å². The van der Waals surface area contributed by atoms with Gasteiger partial charge in [0.1, 0.15) is 6.17 Å². The van der Waals surface area contributed by atoms with Crippen LogP contribution in [-0.2, 0) is 4.79 Å². The summed E-state index contributed by atoms with van der Waals surface area (Å²) in [5.41, 5.74) is 5.64. The molecule has 0 fully saturated rings. The number of hydrogen-bond acceptors (Lipinski definition) is 3. The van der Waals surface area contributed by atoms with Gasteiger partial charge < -0.3 is 15.6 Å². The molecule has 1 amide bonds. The lowest BCUT2D eigenvalue weighted by molar-refractivity contribution is -0.123. The summed E-state index contributed by atoms with van der Waals surface area (Å²) in [6.07, 6.45) is 6.59. The lowest BCUT2D eigenvalue weighted by Crippen LogP contribution is -2.43. The largest absolute Gasteiger partial charge is 0.334 e.